The maximum absolute atomic E-state index is 6.10. The van der Waals surface area contributed by atoms with Crippen LogP contribution >= 0.6 is 11.6 Å². The Balaban J connectivity index is 1.21. The lowest BCUT2D eigenvalue weighted by Gasteiger charge is -2.34. The first-order valence-corrected chi connectivity index (χ1v) is 14.0. The van der Waals surface area contributed by atoms with Crippen LogP contribution in [0.4, 0.5) is 0 Å². The van der Waals surface area contributed by atoms with E-state index in [-0.39, 0.29) is 0 Å². The van der Waals surface area contributed by atoms with Crippen LogP contribution in [-0.4, -0.2) is 34.1 Å². The Hall–Kier alpha value is -2.82. The van der Waals surface area contributed by atoms with Gasteiger partial charge in [0.05, 0.1) is 11.0 Å². The molecule has 5 rings (SSSR count). The van der Waals surface area contributed by atoms with Crippen LogP contribution in [0, 0.1) is 18.8 Å². The molecule has 5 heteroatoms. The first-order chi connectivity index (χ1) is 18.0. The van der Waals surface area contributed by atoms with E-state index in [2.05, 4.69) is 71.8 Å². The van der Waals surface area contributed by atoms with Gasteiger partial charge in [0.1, 0.15) is 18.2 Å². The molecule has 0 saturated carbocycles. The van der Waals surface area contributed by atoms with Crippen LogP contribution in [0.3, 0.4) is 0 Å². The van der Waals surface area contributed by atoms with Crippen LogP contribution in [0.25, 0.3) is 11.0 Å². The van der Waals surface area contributed by atoms with Gasteiger partial charge >= 0.3 is 0 Å². The molecule has 0 N–H and O–H groups in total. The molecule has 1 saturated heterocycles. The molecule has 0 aliphatic carbocycles. The third-order valence-corrected chi connectivity index (χ3v) is 7.88. The number of likely N-dealkylation sites (tertiary alicyclic amines) is 1. The lowest BCUT2D eigenvalue weighted by atomic mass is 9.90. The molecule has 0 spiro atoms. The monoisotopic (exact) mass is 515 g/mol. The molecule has 2 unspecified atom stereocenters. The highest BCUT2D eigenvalue weighted by molar-refractivity contribution is 6.30. The predicted molar refractivity (Wildman–Crippen MR) is 153 cm³/mol. The third-order valence-electron chi connectivity index (χ3n) is 7.63. The molecule has 1 aromatic heterocycles. The summed E-state index contributed by atoms with van der Waals surface area (Å²) >= 11 is 6.03. The van der Waals surface area contributed by atoms with E-state index < -0.39 is 0 Å². The topological polar surface area (TPSA) is 30.3 Å². The number of para-hydroxylation sites is 1. The van der Waals surface area contributed by atoms with Crippen molar-refractivity contribution in [3.8, 4) is 5.75 Å². The van der Waals surface area contributed by atoms with Gasteiger partial charge in [-0.3, -0.25) is 0 Å². The highest BCUT2D eigenvalue weighted by Gasteiger charge is 2.22. The summed E-state index contributed by atoms with van der Waals surface area (Å²) < 4.78 is 8.46. The number of aromatic nitrogens is 2. The molecular weight excluding hydrogens is 478 g/mol. The summed E-state index contributed by atoms with van der Waals surface area (Å²) in [6.45, 7) is 9.52. The van der Waals surface area contributed by atoms with Crippen molar-refractivity contribution < 1.29 is 4.74 Å². The molecule has 194 valence electrons. The molecule has 1 aliphatic heterocycles. The zero-order valence-electron chi connectivity index (χ0n) is 22.1. The van der Waals surface area contributed by atoms with Gasteiger partial charge in [-0.15, -0.1) is 0 Å². The van der Waals surface area contributed by atoms with E-state index in [1.54, 1.807) is 0 Å². The molecule has 4 nitrogen and oxygen atoms in total. The lowest BCUT2D eigenvalue weighted by molar-refractivity contribution is 0.150. The number of piperidine rings is 1. The number of benzene rings is 3. The third kappa shape index (κ3) is 6.74. The number of ether oxygens (including phenoxy) is 1. The number of hydrogen-bond donors (Lipinski definition) is 0. The number of halogens is 1. The van der Waals surface area contributed by atoms with E-state index >= 15 is 0 Å². The van der Waals surface area contributed by atoms with Gasteiger partial charge in [-0.25, -0.2) is 4.98 Å². The fourth-order valence-electron chi connectivity index (χ4n) is 5.69. The van der Waals surface area contributed by atoms with Crippen LogP contribution in [0.1, 0.15) is 43.1 Å². The van der Waals surface area contributed by atoms with Crippen molar-refractivity contribution in [2.45, 2.75) is 52.7 Å². The molecule has 3 aromatic carbocycles. The van der Waals surface area contributed by atoms with Crippen molar-refractivity contribution in [1.29, 1.82) is 0 Å². The molecule has 0 radical (unpaired) electrons. The molecule has 4 aromatic rings. The summed E-state index contributed by atoms with van der Waals surface area (Å²) in [6, 6.07) is 25.0. The summed E-state index contributed by atoms with van der Waals surface area (Å²) in [6.07, 6.45) is 4.97. The second-order valence-electron chi connectivity index (χ2n) is 10.7. The van der Waals surface area contributed by atoms with Gasteiger partial charge in [-0.05, 0) is 92.4 Å². The second-order valence-corrected chi connectivity index (χ2v) is 11.2. The lowest BCUT2D eigenvalue weighted by Crippen LogP contribution is -2.39. The maximum Gasteiger partial charge on any atom is 0.148 e. The second kappa shape index (κ2) is 12.1. The predicted octanol–water partition coefficient (Wildman–Crippen LogP) is 7.56. The molecular formula is C32H38ClN3O. The quantitative estimate of drug-likeness (QED) is 0.218. The molecule has 37 heavy (non-hydrogen) atoms. The van der Waals surface area contributed by atoms with Gasteiger partial charge in [0, 0.05) is 24.7 Å². The highest BCUT2D eigenvalue weighted by Crippen LogP contribution is 2.25. The molecule has 1 fully saturated rings. The number of imidazole rings is 1. The average molecular weight is 516 g/mol. The molecule has 0 bridgehead atoms. The van der Waals surface area contributed by atoms with Gasteiger partial charge in [0.25, 0.3) is 0 Å². The summed E-state index contributed by atoms with van der Waals surface area (Å²) in [7, 11) is 0. The van der Waals surface area contributed by atoms with E-state index in [0.717, 1.165) is 42.5 Å². The largest absolute Gasteiger partial charge is 0.486 e. The normalized spacial score (nSPS) is 17.2. The Labute approximate surface area is 226 Å². The Kier molecular flexibility index (Phi) is 8.48. The van der Waals surface area contributed by atoms with Crippen molar-refractivity contribution in [2.75, 3.05) is 19.6 Å². The first-order valence-electron chi connectivity index (χ1n) is 13.6. The minimum Gasteiger partial charge on any atom is -0.486 e. The van der Waals surface area contributed by atoms with Gasteiger partial charge < -0.3 is 14.2 Å². The number of fused-ring (bicyclic) bond motifs is 1. The van der Waals surface area contributed by atoms with Crippen molar-refractivity contribution in [3.05, 3.63) is 94.8 Å². The fourth-order valence-corrected chi connectivity index (χ4v) is 5.81. The van der Waals surface area contributed by atoms with Crippen molar-refractivity contribution in [2.24, 2.45) is 11.8 Å². The van der Waals surface area contributed by atoms with E-state index in [1.807, 2.05) is 24.3 Å². The standard InChI is InChI=1S/C32H38ClN3O/c1-24(21-35-18-7-11-27(22-35)20-26-9-4-3-5-10-26)17-19-36-30-12-6-8-25(2)32(30)34-31(36)23-37-29-15-13-28(33)14-16-29/h3-6,8-10,12-16,24,27H,7,11,17-23H2,1-2H3. The minimum atomic E-state index is 0.442. The van der Waals surface area contributed by atoms with E-state index in [9.17, 15) is 0 Å². The minimum absolute atomic E-state index is 0.442. The van der Waals surface area contributed by atoms with Crippen LogP contribution in [0.5, 0.6) is 5.75 Å². The van der Waals surface area contributed by atoms with Crippen LogP contribution in [0.15, 0.2) is 72.8 Å². The number of hydrogen-bond acceptors (Lipinski definition) is 3. The first kappa shape index (κ1) is 25.8. The summed E-state index contributed by atoms with van der Waals surface area (Å²) in [5.41, 5.74) is 4.94. The zero-order valence-corrected chi connectivity index (χ0v) is 22.8. The van der Waals surface area contributed by atoms with Gasteiger partial charge in [0.2, 0.25) is 0 Å². The van der Waals surface area contributed by atoms with Crippen LogP contribution < -0.4 is 4.74 Å². The van der Waals surface area contributed by atoms with E-state index in [1.165, 1.54) is 49.0 Å². The van der Waals surface area contributed by atoms with E-state index in [4.69, 9.17) is 21.3 Å². The summed E-state index contributed by atoms with van der Waals surface area (Å²) in [4.78, 5) is 7.69. The van der Waals surface area contributed by atoms with Crippen molar-refractivity contribution >= 4 is 22.6 Å². The Morgan fingerprint density at radius 2 is 1.84 bits per heavy atom. The van der Waals surface area contributed by atoms with E-state index in [0.29, 0.717) is 17.5 Å². The molecule has 1 aliphatic rings. The van der Waals surface area contributed by atoms with Crippen molar-refractivity contribution in [3.63, 3.8) is 0 Å². The Bertz CT molecular complexity index is 1280. The summed E-state index contributed by atoms with van der Waals surface area (Å²) in [5.74, 6) is 3.17. The Morgan fingerprint density at radius 1 is 1.03 bits per heavy atom. The maximum atomic E-state index is 6.10. The van der Waals surface area contributed by atoms with Crippen molar-refractivity contribution in [1.82, 2.24) is 14.5 Å². The van der Waals surface area contributed by atoms with Gasteiger partial charge in [0.15, 0.2) is 0 Å². The zero-order chi connectivity index (χ0) is 25.6. The fraction of sp³-hybridized carbons (Fsp3) is 0.406. The number of nitrogens with zero attached hydrogens (tertiary/aromatic N) is 3. The molecule has 0 amide bonds. The molecule has 2 atom stereocenters. The molecule has 2 heterocycles. The van der Waals surface area contributed by atoms with Gasteiger partial charge in [-0.2, -0.15) is 0 Å². The highest BCUT2D eigenvalue weighted by atomic mass is 35.5. The number of aryl methyl sites for hydroxylation is 2. The van der Waals surface area contributed by atoms with Crippen LogP contribution in [0.2, 0.25) is 5.02 Å². The Morgan fingerprint density at radius 3 is 2.65 bits per heavy atom. The van der Waals surface area contributed by atoms with Crippen LogP contribution in [-0.2, 0) is 19.6 Å². The average Bonchev–Trinajstić information content (AvgIpc) is 3.27. The smallest absolute Gasteiger partial charge is 0.148 e. The van der Waals surface area contributed by atoms with Gasteiger partial charge in [-0.1, -0.05) is 61.0 Å². The number of rotatable bonds is 10. The summed E-state index contributed by atoms with van der Waals surface area (Å²) in [5, 5.41) is 0.712. The SMILES string of the molecule is Cc1cccc2c1nc(COc1ccc(Cl)cc1)n2CCC(C)CN1CCCC(Cc2ccccc2)C1.